The van der Waals surface area contributed by atoms with Gasteiger partial charge in [-0.2, -0.15) is 0 Å². The molecule has 2 aliphatic rings. The molecule has 8 heteroatoms. The Morgan fingerprint density at radius 2 is 1.52 bits per heavy atom. The molecule has 0 N–H and O–H groups in total. The molecular formula is C25H26N2O6. The minimum absolute atomic E-state index is 0.0734. The number of imide groups is 1. The van der Waals surface area contributed by atoms with Crippen LogP contribution in [0.5, 0.6) is 5.75 Å². The van der Waals surface area contributed by atoms with Crippen molar-refractivity contribution in [1.29, 1.82) is 0 Å². The molecule has 1 aliphatic carbocycles. The van der Waals surface area contributed by atoms with Crippen LogP contribution >= 0.6 is 0 Å². The first-order valence-electron chi connectivity index (χ1n) is 11.0. The zero-order chi connectivity index (χ0) is 23.5. The number of hydrogen-bond acceptors (Lipinski definition) is 6. The van der Waals surface area contributed by atoms with E-state index in [4.69, 9.17) is 9.47 Å². The van der Waals surface area contributed by atoms with Gasteiger partial charge in [-0.3, -0.25) is 14.4 Å². The molecule has 2 fully saturated rings. The monoisotopic (exact) mass is 450 g/mol. The maximum Gasteiger partial charge on any atom is 0.337 e. The topological polar surface area (TPSA) is 93.2 Å². The van der Waals surface area contributed by atoms with Crippen LogP contribution in [0.15, 0.2) is 48.5 Å². The minimum atomic E-state index is -0.865. The Bertz CT molecular complexity index is 1060. The first-order chi connectivity index (χ1) is 15.9. The van der Waals surface area contributed by atoms with Crippen molar-refractivity contribution in [2.24, 2.45) is 0 Å². The number of amides is 3. The van der Waals surface area contributed by atoms with Gasteiger partial charge in [0.05, 0.1) is 31.9 Å². The van der Waals surface area contributed by atoms with Gasteiger partial charge < -0.3 is 14.4 Å². The Morgan fingerprint density at radius 3 is 2.09 bits per heavy atom. The van der Waals surface area contributed by atoms with E-state index in [9.17, 15) is 19.2 Å². The molecule has 2 aromatic carbocycles. The maximum atomic E-state index is 13.5. The maximum absolute atomic E-state index is 13.5. The smallest absolute Gasteiger partial charge is 0.337 e. The number of rotatable bonds is 6. The molecule has 1 saturated carbocycles. The van der Waals surface area contributed by atoms with Gasteiger partial charge >= 0.3 is 5.97 Å². The zero-order valence-electron chi connectivity index (χ0n) is 18.7. The van der Waals surface area contributed by atoms with E-state index in [0.29, 0.717) is 22.6 Å². The lowest BCUT2D eigenvalue weighted by atomic mass is 10.1. The van der Waals surface area contributed by atoms with Crippen LogP contribution in [0.4, 0.5) is 5.69 Å². The molecule has 33 heavy (non-hydrogen) atoms. The summed E-state index contributed by atoms with van der Waals surface area (Å²) < 4.78 is 9.87. The van der Waals surface area contributed by atoms with Crippen molar-refractivity contribution in [3.8, 4) is 5.75 Å². The number of nitrogens with zero attached hydrogens (tertiary/aromatic N) is 2. The van der Waals surface area contributed by atoms with Gasteiger partial charge in [-0.15, -0.1) is 0 Å². The third-order valence-electron chi connectivity index (χ3n) is 6.29. The number of anilines is 1. The highest BCUT2D eigenvalue weighted by atomic mass is 16.5. The van der Waals surface area contributed by atoms with Crippen LogP contribution in [0, 0.1) is 0 Å². The van der Waals surface area contributed by atoms with Crippen molar-refractivity contribution in [3.63, 3.8) is 0 Å². The van der Waals surface area contributed by atoms with Gasteiger partial charge in [0.15, 0.2) is 0 Å². The summed E-state index contributed by atoms with van der Waals surface area (Å²) in [6, 6.07) is 11.9. The van der Waals surface area contributed by atoms with Gasteiger partial charge in [0, 0.05) is 11.6 Å². The Labute approximate surface area is 192 Å². The molecule has 1 heterocycles. The fourth-order valence-corrected chi connectivity index (χ4v) is 4.60. The van der Waals surface area contributed by atoms with E-state index in [1.54, 1.807) is 36.3 Å². The van der Waals surface area contributed by atoms with E-state index >= 15 is 0 Å². The number of benzene rings is 2. The molecule has 2 aromatic rings. The number of methoxy groups -OCH3 is 2. The highest BCUT2D eigenvalue weighted by molar-refractivity contribution is 6.23. The first kappa shape index (κ1) is 22.5. The minimum Gasteiger partial charge on any atom is -0.497 e. The largest absolute Gasteiger partial charge is 0.497 e. The Balaban J connectivity index is 1.62. The molecule has 1 atom stereocenters. The summed E-state index contributed by atoms with van der Waals surface area (Å²) in [5.74, 6) is -0.942. The normalized spacial score (nSPS) is 18.5. The van der Waals surface area contributed by atoms with Gasteiger partial charge in [-0.25, -0.2) is 9.69 Å². The molecule has 0 bridgehead atoms. The number of carbonyl (C=O) groups excluding carboxylic acids is 4. The van der Waals surface area contributed by atoms with Crippen molar-refractivity contribution < 1.29 is 28.7 Å². The van der Waals surface area contributed by atoms with Gasteiger partial charge in [0.25, 0.3) is 11.8 Å². The van der Waals surface area contributed by atoms with Crippen molar-refractivity contribution in [3.05, 3.63) is 59.7 Å². The molecule has 1 aliphatic heterocycles. The van der Waals surface area contributed by atoms with Crippen molar-refractivity contribution >= 4 is 29.4 Å². The van der Waals surface area contributed by atoms with Crippen LogP contribution in [0.1, 0.15) is 52.8 Å². The SMILES string of the molecule is COC(=O)c1ccc(N2C(=O)CC(N(C(=O)c3ccc(OC)cc3)C3CCCC3)C2=O)cc1. The Morgan fingerprint density at radius 1 is 0.909 bits per heavy atom. The van der Waals surface area contributed by atoms with Crippen LogP contribution in [0.3, 0.4) is 0 Å². The fourth-order valence-electron chi connectivity index (χ4n) is 4.60. The van der Waals surface area contributed by atoms with Crippen LogP contribution < -0.4 is 9.64 Å². The quantitative estimate of drug-likeness (QED) is 0.496. The lowest BCUT2D eigenvalue weighted by molar-refractivity contribution is -0.123. The fraction of sp³-hybridized carbons (Fsp3) is 0.360. The van der Waals surface area contributed by atoms with E-state index in [0.717, 1.165) is 30.6 Å². The molecule has 3 amide bonds. The third-order valence-corrected chi connectivity index (χ3v) is 6.29. The van der Waals surface area contributed by atoms with Gasteiger partial charge in [-0.1, -0.05) is 12.8 Å². The van der Waals surface area contributed by atoms with Crippen molar-refractivity contribution in [1.82, 2.24) is 4.90 Å². The van der Waals surface area contributed by atoms with Gasteiger partial charge in [0.1, 0.15) is 11.8 Å². The molecule has 0 spiro atoms. The third kappa shape index (κ3) is 4.33. The second-order valence-electron chi connectivity index (χ2n) is 8.20. The summed E-state index contributed by atoms with van der Waals surface area (Å²) in [6.45, 7) is 0. The summed E-state index contributed by atoms with van der Waals surface area (Å²) in [6.07, 6.45) is 3.48. The first-order valence-corrected chi connectivity index (χ1v) is 11.0. The van der Waals surface area contributed by atoms with E-state index in [1.165, 1.54) is 31.4 Å². The number of esters is 1. The Hall–Kier alpha value is -3.68. The number of ether oxygens (including phenoxy) is 2. The summed E-state index contributed by atoms with van der Waals surface area (Å²) in [7, 11) is 2.84. The van der Waals surface area contributed by atoms with Crippen LogP contribution in [-0.4, -0.2) is 54.9 Å². The molecule has 4 rings (SSSR count). The van der Waals surface area contributed by atoms with E-state index in [-0.39, 0.29) is 24.3 Å². The van der Waals surface area contributed by atoms with Crippen LogP contribution in [0.25, 0.3) is 0 Å². The molecule has 0 radical (unpaired) electrons. The predicted octanol–water partition coefficient (Wildman–Crippen LogP) is 3.20. The highest BCUT2D eigenvalue weighted by Crippen LogP contribution is 2.33. The highest BCUT2D eigenvalue weighted by Gasteiger charge is 2.47. The molecule has 8 nitrogen and oxygen atoms in total. The van der Waals surface area contributed by atoms with Crippen molar-refractivity contribution in [2.75, 3.05) is 19.1 Å². The Kier molecular flexibility index (Phi) is 6.44. The average molecular weight is 450 g/mol. The molecular weight excluding hydrogens is 424 g/mol. The lowest BCUT2D eigenvalue weighted by Gasteiger charge is -2.33. The number of carbonyl (C=O) groups is 4. The summed E-state index contributed by atoms with van der Waals surface area (Å²) in [4.78, 5) is 54.2. The van der Waals surface area contributed by atoms with E-state index in [1.807, 2.05) is 0 Å². The van der Waals surface area contributed by atoms with Crippen molar-refractivity contribution in [2.45, 2.75) is 44.2 Å². The van der Waals surface area contributed by atoms with E-state index < -0.39 is 17.9 Å². The lowest BCUT2D eigenvalue weighted by Crippen LogP contribution is -2.50. The molecule has 172 valence electrons. The van der Waals surface area contributed by atoms with Crippen LogP contribution in [0.2, 0.25) is 0 Å². The van der Waals surface area contributed by atoms with E-state index in [2.05, 4.69) is 0 Å². The summed E-state index contributed by atoms with van der Waals surface area (Å²) in [5, 5.41) is 0. The van der Waals surface area contributed by atoms with Gasteiger partial charge in [0.2, 0.25) is 5.91 Å². The average Bonchev–Trinajstić information content (AvgIpc) is 3.47. The summed E-state index contributed by atoms with van der Waals surface area (Å²) >= 11 is 0. The number of hydrogen-bond donors (Lipinski definition) is 0. The second-order valence-corrected chi connectivity index (χ2v) is 8.20. The predicted molar refractivity (Wildman–Crippen MR) is 120 cm³/mol. The molecule has 1 unspecified atom stereocenters. The molecule has 0 aromatic heterocycles. The standard InChI is InChI=1S/C25H26N2O6/c1-32-20-13-9-16(10-14-20)23(29)26(18-5-3-4-6-18)21-15-22(28)27(24(21)30)19-11-7-17(8-12-19)25(31)33-2/h7-14,18,21H,3-6,15H2,1-2H3. The molecule has 1 saturated heterocycles. The van der Waals surface area contributed by atoms with Crippen LogP contribution in [-0.2, 0) is 14.3 Å². The second kappa shape index (κ2) is 9.44. The zero-order valence-corrected chi connectivity index (χ0v) is 18.7. The van der Waals surface area contributed by atoms with Gasteiger partial charge in [-0.05, 0) is 61.4 Å². The summed E-state index contributed by atoms with van der Waals surface area (Å²) in [5.41, 5.74) is 1.13.